The van der Waals surface area contributed by atoms with Crippen molar-refractivity contribution in [1.29, 1.82) is 0 Å². The van der Waals surface area contributed by atoms with E-state index in [4.69, 9.17) is 9.47 Å². The number of fused-ring (bicyclic) bond motifs is 1. The maximum absolute atomic E-state index is 12.4. The second-order valence-corrected chi connectivity index (χ2v) is 7.72. The van der Waals surface area contributed by atoms with Crippen LogP contribution in [0.1, 0.15) is 48.5 Å². The van der Waals surface area contributed by atoms with Gasteiger partial charge in [-0.3, -0.25) is 9.69 Å². The number of piperidine rings is 2. The normalized spacial score (nSPS) is 22.8. The molecular weight excluding hydrogens is 356 g/mol. The van der Waals surface area contributed by atoms with Crippen LogP contribution in [0, 0.1) is 5.92 Å². The summed E-state index contributed by atoms with van der Waals surface area (Å²) >= 11 is 0. The second-order valence-electron chi connectivity index (χ2n) is 7.72. The zero-order valence-corrected chi connectivity index (χ0v) is 17.1. The van der Waals surface area contributed by atoms with Gasteiger partial charge in [0.15, 0.2) is 0 Å². The molecule has 0 saturated carbocycles. The van der Waals surface area contributed by atoms with E-state index >= 15 is 0 Å². The fraction of sp³-hybridized carbons (Fsp3) is 0.636. The maximum atomic E-state index is 12.4. The first-order chi connectivity index (χ1) is 13.6. The Kier molecular flexibility index (Phi) is 7.45. The molecule has 0 radical (unpaired) electrons. The number of benzene rings is 1. The Morgan fingerprint density at radius 1 is 1.21 bits per heavy atom. The lowest BCUT2D eigenvalue weighted by atomic mass is 9.83. The number of rotatable bonds is 8. The number of hydrogen-bond acceptors (Lipinski definition) is 5. The van der Waals surface area contributed by atoms with Gasteiger partial charge in [-0.25, -0.2) is 4.79 Å². The lowest BCUT2D eigenvalue weighted by Gasteiger charge is -2.47. The van der Waals surface area contributed by atoms with Crippen molar-refractivity contribution in [1.82, 2.24) is 9.80 Å². The molecular formula is C22H32N2O4. The number of carbonyl (C=O) groups is 2. The molecule has 0 aromatic heterocycles. The molecule has 6 nitrogen and oxygen atoms in total. The number of carbonyl (C=O) groups excluding carboxylic acids is 2. The summed E-state index contributed by atoms with van der Waals surface area (Å²) in [7, 11) is 1.40. The van der Waals surface area contributed by atoms with Crippen LogP contribution in [-0.2, 0) is 20.8 Å². The summed E-state index contributed by atoms with van der Waals surface area (Å²) in [4.78, 5) is 28.6. The summed E-state index contributed by atoms with van der Waals surface area (Å²) in [6.07, 6.45) is 3.60. The summed E-state index contributed by atoms with van der Waals surface area (Å²) in [5.74, 6) is 0.557. The summed E-state index contributed by atoms with van der Waals surface area (Å²) in [6.45, 7) is 7.17. The molecule has 2 heterocycles. The van der Waals surface area contributed by atoms with Gasteiger partial charge in [-0.15, -0.1) is 0 Å². The SMILES string of the molecule is CCOCCCN1C(=O)CC[C@@H]2CN(Cc3ccc(C(=O)OC)cc3)CC[C@@H]21. The average Bonchev–Trinajstić information content (AvgIpc) is 2.72. The molecule has 1 amide bonds. The van der Waals surface area contributed by atoms with Crippen LogP contribution in [0.4, 0.5) is 0 Å². The van der Waals surface area contributed by atoms with Crippen molar-refractivity contribution in [2.45, 2.75) is 45.2 Å². The van der Waals surface area contributed by atoms with Crippen LogP contribution in [0.5, 0.6) is 0 Å². The fourth-order valence-corrected chi connectivity index (χ4v) is 4.46. The predicted octanol–water partition coefficient (Wildman–Crippen LogP) is 2.71. The van der Waals surface area contributed by atoms with Gasteiger partial charge in [-0.1, -0.05) is 12.1 Å². The van der Waals surface area contributed by atoms with E-state index in [1.165, 1.54) is 12.7 Å². The lowest BCUT2D eigenvalue weighted by Crippen LogP contribution is -2.56. The third kappa shape index (κ3) is 5.11. The first kappa shape index (κ1) is 20.8. The minimum atomic E-state index is -0.302. The largest absolute Gasteiger partial charge is 0.465 e. The molecule has 0 unspecified atom stereocenters. The zero-order valence-electron chi connectivity index (χ0n) is 17.1. The third-order valence-electron chi connectivity index (χ3n) is 5.90. The van der Waals surface area contributed by atoms with Crippen LogP contribution in [0.2, 0.25) is 0 Å². The number of esters is 1. The van der Waals surface area contributed by atoms with E-state index in [0.717, 1.165) is 58.7 Å². The van der Waals surface area contributed by atoms with Gasteiger partial charge in [0.1, 0.15) is 0 Å². The van der Waals surface area contributed by atoms with Crippen LogP contribution >= 0.6 is 0 Å². The van der Waals surface area contributed by atoms with Crippen LogP contribution < -0.4 is 0 Å². The van der Waals surface area contributed by atoms with Crippen molar-refractivity contribution < 1.29 is 19.1 Å². The highest BCUT2D eigenvalue weighted by Crippen LogP contribution is 2.32. The van der Waals surface area contributed by atoms with Gasteiger partial charge in [0.05, 0.1) is 12.7 Å². The number of amides is 1. The van der Waals surface area contributed by atoms with Crippen LogP contribution in [0.25, 0.3) is 0 Å². The van der Waals surface area contributed by atoms with Crippen molar-refractivity contribution >= 4 is 11.9 Å². The van der Waals surface area contributed by atoms with E-state index in [0.29, 0.717) is 29.9 Å². The van der Waals surface area contributed by atoms with Gasteiger partial charge in [-0.2, -0.15) is 0 Å². The smallest absolute Gasteiger partial charge is 0.337 e. The monoisotopic (exact) mass is 388 g/mol. The Morgan fingerprint density at radius 3 is 2.71 bits per heavy atom. The molecule has 0 aliphatic carbocycles. The number of ether oxygens (including phenoxy) is 2. The molecule has 154 valence electrons. The van der Waals surface area contributed by atoms with Gasteiger partial charge in [0.2, 0.25) is 5.91 Å². The van der Waals surface area contributed by atoms with E-state index in [1.54, 1.807) is 0 Å². The van der Waals surface area contributed by atoms with E-state index in [2.05, 4.69) is 9.80 Å². The predicted molar refractivity (Wildman–Crippen MR) is 107 cm³/mol. The topological polar surface area (TPSA) is 59.1 Å². The van der Waals surface area contributed by atoms with Crippen molar-refractivity contribution in [2.75, 3.05) is 40.0 Å². The average molecular weight is 389 g/mol. The molecule has 1 aromatic rings. The highest BCUT2D eigenvalue weighted by molar-refractivity contribution is 5.89. The molecule has 2 aliphatic heterocycles. The molecule has 2 saturated heterocycles. The number of likely N-dealkylation sites (tertiary alicyclic amines) is 2. The summed E-state index contributed by atoms with van der Waals surface area (Å²) < 4.78 is 10.2. The minimum absolute atomic E-state index is 0.302. The molecule has 6 heteroatoms. The van der Waals surface area contributed by atoms with Gasteiger partial charge in [-0.05, 0) is 49.8 Å². The number of methoxy groups -OCH3 is 1. The number of nitrogens with zero attached hydrogens (tertiary/aromatic N) is 2. The summed E-state index contributed by atoms with van der Waals surface area (Å²) in [6, 6.07) is 8.03. The van der Waals surface area contributed by atoms with Crippen molar-refractivity contribution in [3.8, 4) is 0 Å². The van der Waals surface area contributed by atoms with Gasteiger partial charge < -0.3 is 14.4 Å². The summed E-state index contributed by atoms with van der Waals surface area (Å²) in [5.41, 5.74) is 1.78. The van der Waals surface area contributed by atoms with E-state index in [9.17, 15) is 9.59 Å². The van der Waals surface area contributed by atoms with Crippen LogP contribution in [0.3, 0.4) is 0 Å². The van der Waals surface area contributed by atoms with Crippen LogP contribution in [0.15, 0.2) is 24.3 Å². The van der Waals surface area contributed by atoms with Crippen molar-refractivity contribution in [2.24, 2.45) is 5.92 Å². The molecule has 0 N–H and O–H groups in total. The molecule has 2 atom stereocenters. The first-order valence-corrected chi connectivity index (χ1v) is 10.4. The van der Waals surface area contributed by atoms with Crippen molar-refractivity contribution in [3.63, 3.8) is 0 Å². The highest BCUT2D eigenvalue weighted by Gasteiger charge is 2.38. The third-order valence-corrected chi connectivity index (χ3v) is 5.90. The van der Waals surface area contributed by atoms with Gasteiger partial charge in [0, 0.05) is 51.9 Å². The van der Waals surface area contributed by atoms with E-state index < -0.39 is 0 Å². The van der Waals surface area contributed by atoms with E-state index in [1.807, 2.05) is 31.2 Å². The molecule has 0 spiro atoms. The molecule has 3 rings (SSSR count). The molecule has 2 fully saturated rings. The fourth-order valence-electron chi connectivity index (χ4n) is 4.46. The lowest BCUT2D eigenvalue weighted by molar-refractivity contribution is -0.141. The van der Waals surface area contributed by atoms with Crippen LogP contribution in [-0.4, -0.2) is 67.7 Å². The Bertz CT molecular complexity index is 661. The highest BCUT2D eigenvalue weighted by atomic mass is 16.5. The van der Waals surface area contributed by atoms with Crippen molar-refractivity contribution in [3.05, 3.63) is 35.4 Å². The molecule has 1 aromatic carbocycles. The second kappa shape index (κ2) is 10.0. The zero-order chi connectivity index (χ0) is 19.9. The molecule has 28 heavy (non-hydrogen) atoms. The Morgan fingerprint density at radius 2 is 2.00 bits per heavy atom. The Balaban J connectivity index is 1.54. The maximum Gasteiger partial charge on any atom is 0.337 e. The molecule has 0 bridgehead atoms. The summed E-state index contributed by atoms with van der Waals surface area (Å²) in [5, 5.41) is 0. The number of hydrogen-bond donors (Lipinski definition) is 0. The van der Waals surface area contributed by atoms with Gasteiger partial charge in [0.25, 0.3) is 0 Å². The minimum Gasteiger partial charge on any atom is -0.465 e. The Hall–Kier alpha value is -1.92. The van der Waals surface area contributed by atoms with Gasteiger partial charge >= 0.3 is 5.97 Å². The van der Waals surface area contributed by atoms with E-state index in [-0.39, 0.29) is 5.97 Å². The molecule has 2 aliphatic rings. The standard InChI is InChI=1S/C22H32N2O4/c1-3-28-14-4-12-24-20-11-13-23(16-19(20)9-10-21(24)25)15-17-5-7-18(8-6-17)22(26)27-2/h5-8,19-20H,3-4,9-16H2,1-2H3/t19-,20+/m1/s1. The quantitative estimate of drug-likeness (QED) is 0.506. The first-order valence-electron chi connectivity index (χ1n) is 10.4. The Labute approximate surface area is 167 Å².